The summed E-state index contributed by atoms with van der Waals surface area (Å²) in [6, 6.07) is 12.0. The zero-order valence-corrected chi connectivity index (χ0v) is 12.3. The first kappa shape index (κ1) is 15.3. The van der Waals surface area contributed by atoms with Crippen molar-refractivity contribution in [3.05, 3.63) is 69.5 Å². The van der Waals surface area contributed by atoms with Gasteiger partial charge < -0.3 is 5.11 Å². The fourth-order valence-electron chi connectivity index (χ4n) is 2.19. The summed E-state index contributed by atoms with van der Waals surface area (Å²) in [6.45, 7) is -0.0306. The van der Waals surface area contributed by atoms with Crippen molar-refractivity contribution in [1.82, 2.24) is 0 Å². The Morgan fingerprint density at radius 2 is 1.70 bits per heavy atom. The van der Waals surface area contributed by atoms with Gasteiger partial charge in [-0.25, -0.2) is 4.39 Å². The van der Waals surface area contributed by atoms with Crippen molar-refractivity contribution in [3.8, 4) is 0 Å². The Morgan fingerprint density at radius 3 is 2.40 bits per heavy atom. The third-order valence-electron chi connectivity index (χ3n) is 3.24. The topological polar surface area (TPSA) is 20.2 Å². The van der Waals surface area contributed by atoms with E-state index in [4.69, 9.17) is 23.2 Å². The fraction of sp³-hybridized carbons (Fsp3) is 0.250. The largest absolute Gasteiger partial charge is 0.396 e. The number of rotatable bonds is 5. The molecule has 1 nitrogen and oxygen atoms in total. The van der Waals surface area contributed by atoms with Crippen molar-refractivity contribution < 1.29 is 9.50 Å². The molecule has 2 aromatic rings. The maximum atomic E-state index is 13.7. The summed E-state index contributed by atoms with van der Waals surface area (Å²) < 4.78 is 13.7. The van der Waals surface area contributed by atoms with E-state index in [1.54, 1.807) is 6.07 Å². The minimum absolute atomic E-state index is 0.0306. The van der Waals surface area contributed by atoms with E-state index in [9.17, 15) is 9.50 Å². The van der Waals surface area contributed by atoms with Crippen LogP contribution in [0.15, 0.2) is 42.5 Å². The van der Waals surface area contributed by atoms with Gasteiger partial charge in [0.05, 0.1) is 0 Å². The molecule has 20 heavy (non-hydrogen) atoms. The van der Waals surface area contributed by atoms with Crippen molar-refractivity contribution in [2.45, 2.75) is 12.8 Å². The van der Waals surface area contributed by atoms with E-state index in [1.165, 1.54) is 12.1 Å². The van der Waals surface area contributed by atoms with Gasteiger partial charge in [-0.1, -0.05) is 41.4 Å². The molecule has 0 aliphatic heterocycles. The van der Waals surface area contributed by atoms with Gasteiger partial charge in [0.15, 0.2) is 0 Å². The maximum absolute atomic E-state index is 13.7. The van der Waals surface area contributed by atoms with Crippen LogP contribution >= 0.6 is 23.2 Å². The lowest BCUT2D eigenvalue weighted by molar-refractivity contribution is 0.224. The third-order valence-corrected chi connectivity index (χ3v) is 3.84. The summed E-state index contributed by atoms with van der Waals surface area (Å²) in [7, 11) is 0. The number of hydrogen-bond donors (Lipinski definition) is 1. The number of benzene rings is 2. The highest BCUT2D eigenvalue weighted by molar-refractivity contribution is 6.31. The van der Waals surface area contributed by atoms with Crippen molar-refractivity contribution in [2.75, 3.05) is 6.61 Å². The van der Waals surface area contributed by atoms with Gasteiger partial charge in [-0.15, -0.1) is 0 Å². The Balaban J connectivity index is 2.13. The molecule has 0 saturated heterocycles. The molecule has 2 aromatic carbocycles. The van der Waals surface area contributed by atoms with E-state index in [2.05, 4.69) is 0 Å². The minimum Gasteiger partial charge on any atom is -0.396 e. The summed E-state index contributed by atoms with van der Waals surface area (Å²) in [5.74, 6) is -0.394. The van der Waals surface area contributed by atoms with Crippen LogP contribution in [0.25, 0.3) is 0 Å². The molecule has 0 aliphatic rings. The van der Waals surface area contributed by atoms with E-state index in [1.807, 2.05) is 24.3 Å². The summed E-state index contributed by atoms with van der Waals surface area (Å²) in [6.07, 6.45) is 1.02. The molecule has 4 heteroatoms. The number of halogens is 3. The highest BCUT2D eigenvalue weighted by Gasteiger charge is 2.14. The first-order valence-corrected chi connectivity index (χ1v) is 7.14. The number of hydrogen-bond acceptors (Lipinski definition) is 1. The quantitative estimate of drug-likeness (QED) is 0.860. The summed E-state index contributed by atoms with van der Waals surface area (Å²) in [5, 5.41) is 10.7. The van der Waals surface area contributed by atoms with Crippen molar-refractivity contribution in [2.24, 2.45) is 5.92 Å². The second-order valence-corrected chi connectivity index (χ2v) is 5.63. The summed E-state index contributed by atoms with van der Waals surface area (Å²) >= 11 is 12.0. The zero-order chi connectivity index (χ0) is 14.5. The predicted molar refractivity (Wildman–Crippen MR) is 80.8 cm³/mol. The molecule has 1 N–H and O–H groups in total. The Labute approximate surface area is 128 Å². The van der Waals surface area contributed by atoms with Crippen molar-refractivity contribution >= 4 is 23.2 Å². The van der Waals surface area contributed by atoms with Crippen LogP contribution in [0.3, 0.4) is 0 Å². The molecule has 0 aromatic heterocycles. The first-order valence-electron chi connectivity index (χ1n) is 6.38. The molecule has 0 spiro atoms. The molecule has 0 fully saturated rings. The Hall–Kier alpha value is -1.09. The van der Waals surface area contributed by atoms with Crippen LogP contribution in [0.4, 0.5) is 4.39 Å². The normalized spacial score (nSPS) is 12.4. The van der Waals surface area contributed by atoms with E-state index < -0.39 is 0 Å². The zero-order valence-electron chi connectivity index (χ0n) is 10.8. The molecule has 0 aliphatic carbocycles. The molecule has 2 rings (SSSR count). The molecule has 1 unspecified atom stereocenters. The van der Waals surface area contributed by atoms with E-state index in [0.717, 1.165) is 5.56 Å². The highest BCUT2D eigenvalue weighted by Crippen LogP contribution is 2.23. The van der Waals surface area contributed by atoms with Gasteiger partial charge in [0.1, 0.15) is 5.82 Å². The van der Waals surface area contributed by atoms with Crippen LogP contribution < -0.4 is 0 Å². The molecule has 0 heterocycles. The second kappa shape index (κ2) is 7.07. The lowest BCUT2D eigenvalue weighted by Gasteiger charge is -2.16. The molecule has 0 bridgehead atoms. The molecule has 1 atom stereocenters. The minimum atomic E-state index is -0.299. The standard InChI is InChI=1S/C16H15Cl2FO/c17-14-5-6-16(19)13(9-14)8-11(10-20)7-12-3-1-2-4-15(12)18/h1-6,9,11,20H,7-8,10H2. The van der Waals surface area contributed by atoms with Gasteiger partial charge in [0.2, 0.25) is 0 Å². The second-order valence-electron chi connectivity index (χ2n) is 4.78. The Kier molecular flexibility index (Phi) is 5.41. The predicted octanol–water partition coefficient (Wildman–Crippen LogP) is 4.53. The molecular formula is C16H15Cl2FO. The Bertz CT molecular complexity index is 586. The Morgan fingerprint density at radius 1 is 1.00 bits per heavy atom. The van der Waals surface area contributed by atoms with E-state index in [0.29, 0.717) is 28.5 Å². The lowest BCUT2D eigenvalue weighted by atomic mass is 9.93. The van der Waals surface area contributed by atoms with Crippen LogP contribution in [0.5, 0.6) is 0 Å². The van der Waals surface area contributed by atoms with E-state index >= 15 is 0 Å². The molecular weight excluding hydrogens is 298 g/mol. The molecule has 0 amide bonds. The third kappa shape index (κ3) is 3.95. The van der Waals surface area contributed by atoms with Crippen molar-refractivity contribution in [1.29, 1.82) is 0 Å². The molecule has 106 valence electrons. The highest BCUT2D eigenvalue weighted by atomic mass is 35.5. The van der Waals surface area contributed by atoms with Gasteiger partial charge >= 0.3 is 0 Å². The first-order chi connectivity index (χ1) is 9.60. The number of aliphatic hydroxyl groups is 1. The molecule has 0 saturated carbocycles. The van der Waals surface area contributed by atoms with Crippen LogP contribution in [-0.2, 0) is 12.8 Å². The van der Waals surface area contributed by atoms with Gasteiger partial charge in [-0.3, -0.25) is 0 Å². The van der Waals surface area contributed by atoms with Gasteiger partial charge in [-0.05, 0) is 54.2 Å². The SMILES string of the molecule is OCC(Cc1cc(Cl)ccc1F)Cc1ccccc1Cl. The summed E-state index contributed by atoms with van der Waals surface area (Å²) in [5.41, 5.74) is 1.47. The van der Waals surface area contributed by atoms with Crippen LogP contribution in [0.2, 0.25) is 10.0 Å². The molecule has 0 radical (unpaired) electrons. The van der Waals surface area contributed by atoms with Crippen LogP contribution in [0, 0.1) is 11.7 Å². The van der Waals surface area contributed by atoms with Crippen molar-refractivity contribution in [3.63, 3.8) is 0 Å². The fourth-order valence-corrected chi connectivity index (χ4v) is 2.59. The maximum Gasteiger partial charge on any atom is 0.126 e. The van der Waals surface area contributed by atoms with Crippen LogP contribution in [-0.4, -0.2) is 11.7 Å². The monoisotopic (exact) mass is 312 g/mol. The average molecular weight is 313 g/mol. The van der Waals surface area contributed by atoms with Gasteiger partial charge in [0, 0.05) is 16.7 Å². The summed E-state index contributed by atoms with van der Waals surface area (Å²) in [4.78, 5) is 0. The lowest BCUT2D eigenvalue weighted by Crippen LogP contribution is -2.14. The van der Waals surface area contributed by atoms with E-state index in [-0.39, 0.29) is 18.3 Å². The van der Waals surface area contributed by atoms with Gasteiger partial charge in [-0.2, -0.15) is 0 Å². The average Bonchev–Trinajstić information content (AvgIpc) is 2.44. The smallest absolute Gasteiger partial charge is 0.126 e. The van der Waals surface area contributed by atoms with Crippen LogP contribution in [0.1, 0.15) is 11.1 Å². The number of aliphatic hydroxyl groups excluding tert-OH is 1. The van der Waals surface area contributed by atoms with Gasteiger partial charge in [0.25, 0.3) is 0 Å².